The van der Waals surface area contributed by atoms with Crippen LogP contribution in [0.2, 0.25) is 19.6 Å². The molecule has 1 N–H and O–H groups in total. The number of benzene rings is 1. The van der Waals surface area contributed by atoms with Crippen molar-refractivity contribution in [3.8, 4) is 23.3 Å². The first-order valence-corrected chi connectivity index (χ1v) is 10.7. The number of hydrogen-bond acceptors (Lipinski definition) is 1. The molecule has 0 fully saturated rings. The van der Waals surface area contributed by atoms with Crippen LogP contribution in [0.3, 0.4) is 0 Å². The number of unbranched alkanes of at least 4 members (excludes halogenated alkanes) is 1. The van der Waals surface area contributed by atoms with Gasteiger partial charge in [0.05, 0.1) is 0 Å². The molecule has 0 radical (unpaired) electrons. The summed E-state index contributed by atoms with van der Waals surface area (Å²) in [5.74, 6) is 9.04. The minimum atomic E-state index is -1.39. The molecule has 1 aromatic rings. The summed E-state index contributed by atoms with van der Waals surface area (Å²) >= 11 is 0. The summed E-state index contributed by atoms with van der Waals surface area (Å²) in [5.41, 5.74) is 4.52. The molecule has 2 heteroatoms. The predicted octanol–water partition coefficient (Wildman–Crippen LogP) is 3.64. The Morgan fingerprint density at radius 1 is 1.10 bits per heavy atom. The highest BCUT2D eigenvalue weighted by Gasteiger charge is 2.08. The summed E-state index contributed by atoms with van der Waals surface area (Å²) in [6, 6.07) is 10.4. The van der Waals surface area contributed by atoms with Gasteiger partial charge in [-0.15, -0.1) is 11.5 Å². The van der Waals surface area contributed by atoms with Gasteiger partial charge in [0.1, 0.15) is 14.2 Å². The van der Waals surface area contributed by atoms with E-state index in [1.807, 2.05) is 6.07 Å². The quantitative estimate of drug-likeness (QED) is 0.508. The molecular formula is C18H24OSi. The smallest absolute Gasteiger partial charge is 0.129 e. The van der Waals surface area contributed by atoms with E-state index in [2.05, 4.69) is 67.2 Å². The van der Waals surface area contributed by atoms with Crippen molar-refractivity contribution in [1.29, 1.82) is 0 Å². The lowest BCUT2D eigenvalue weighted by Crippen LogP contribution is -2.17. The van der Waals surface area contributed by atoms with Crippen LogP contribution in [0, 0.1) is 23.3 Å². The lowest BCUT2D eigenvalue weighted by Gasteiger charge is -2.04. The Labute approximate surface area is 124 Å². The number of aryl methyl sites for hydroxylation is 1. The van der Waals surface area contributed by atoms with Gasteiger partial charge in [0.25, 0.3) is 0 Å². The average molecular weight is 284 g/mol. The Bertz CT molecular complexity index is 506. The monoisotopic (exact) mass is 284 g/mol. The lowest BCUT2D eigenvalue weighted by molar-refractivity contribution is 0.239. The highest BCUT2D eigenvalue weighted by Crippen LogP contribution is 2.03. The second-order valence-corrected chi connectivity index (χ2v) is 10.7. The van der Waals surface area contributed by atoms with Crippen molar-refractivity contribution in [3.63, 3.8) is 0 Å². The SMILES string of the molecule is C[Si](C)(C)C#CC(O)CC#CCCCc1ccccc1. The predicted molar refractivity (Wildman–Crippen MR) is 88.9 cm³/mol. The molecule has 0 aromatic heterocycles. The second-order valence-electron chi connectivity index (χ2n) is 5.93. The molecule has 0 saturated carbocycles. The van der Waals surface area contributed by atoms with Crippen molar-refractivity contribution in [2.45, 2.75) is 51.4 Å². The average Bonchev–Trinajstić information content (AvgIpc) is 2.41. The van der Waals surface area contributed by atoms with Gasteiger partial charge in [0.15, 0.2) is 0 Å². The van der Waals surface area contributed by atoms with Crippen molar-refractivity contribution in [1.82, 2.24) is 0 Å². The zero-order chi connectivity index (χ0) is 14.8. The van der Waals surface area contributed by atoms with Gasteiger partial charge in [0, 0.05) is 12.8 Å². The van der Waals surface area contributed by atoms with Crippen LogP contribution in [-0.2, 0) is 6.42 Å². The highest BCUT2D eigenvalue weighted by molar-refractivity contribution is 6.83. The molecule has 0 saturated heterocycles. The first kappa shape index (κ1) is 16.6. The van der Waals surface area contributed by atoms with Gasteiger partial charge in [-0.05, 0) is 18.4 Å². The molecule has 20 heavy (non-hydrogen) atoms. The van der Waals surface area contributed by atoms with Crippen molar-refractivity contribution < 1.29 is 5.11 Å². The molecule has 0 aliphatic heterocycles. The van der Waals surface area contributed by atoms with Gasteiger partial charge >= 0.3 is 0 Å². The molecule has 1 atom stereocenters. The highest BCUT2D eigenvalue weighted by atomic mass is 28.3. The Morgan fingerprint density at radius 2 is 1.80 bits per heavy atom. The standard InChI is InChI=1S/C18H24OSi/c1-20(2,3)16-15-18(19)14-10-5-4-7-11-17-12-8-6-9-13-17/h6,8-9,12-13,18-19H,4,7,11,14H2,1-3H3. The van der Waals surface area contributed by atoms with Crippen LogP contribution in [0.15, 0.2) is 30.3 Å². The lowest BCUT2D eigenvalue weighted by atomic mass is 10.1. The minimum absolute atomic E-state index is 0.461. The fraction of sp³-hybridized carbons (Fsp3) is 0.444. The van der Waals surface area contributed by atoms with Crippen LogP contribution in [-0.4, -0.2) is 19.3 Å². The van der Waals surface area contributed by atoms with E-state index < -0.39 is 14.2 Å². The zero-order valence-electron chi connectivity index (χ0n) is 12.7. The van der Waals surface area contributed by atoms with Crippen molar-refractivity contribution in [2.24, 2.45) is 0 Å². The Morgan fingerprint density at radius 3 is 2.45 bits per heavy atom. The van der Waals surface area contributed by atoms with Gasteiger partial charge in [-0.1, -0.05) is 61.8 Å². The third-order valence-corrected chi connectivity index (χ3v) is 3.54. The Hall–Kier alpha value is -1.48. The van der Waals surface area contributed by atoms with E-state index in [0.29, 0.717) is 6.42 Å². The van der Waals surface area contributed by atoms with E-state index in [-0.39, 0.29) is 0 Å². The third kappa shape index (κ3) is 8.59. The first-order valence-electron chi connectivity index (χ1n) is 7.18. The maximum absolute atomic E-state index is 9.69. The van der Waals surface area contributed by atoms with E-state index in [1.165, 1.54) is 5.56 Å². The first-order chi connectivity index (χ1) is 9.47. The van der Waals surface area contributed by atoms with Crippen molar-refractivity contribution in [2.75, 3.05) is 0 Å². The van der Waals surface area contributed by atoms with Crippen molar-refractivity contribution >= 4 is 8.07 Å². The van der Waals surface area contributed by atoms with E-state index in [4.69, 9.17) is 0 Å². The van der Waals surface area contributed by atoms with Gasteiger partial charge in [0.2, 0.25) is 0 Å². The van der Waals surface area contributed by atoms with Gasteiger partial charge in [-0.25, -0.2) is 0 Å². The van der Waals surface area contributed by atoms with Gasteiger partial charge < -0.3 is 5.11 Å². The van der Waals surface area contributed by atoms with Crippen LogP contribution in [0.1, 0.15) is 24.8 Å². The number of aliphatic hydroxyl groups excluding tert-OH is 1. The van der Waals surface area contributed by atoms with E-state index in [9.17, 15) is 5.11 Å². The molecule has 106 valence electrons. The zero-order valence-corrected chi connectivity index (χ0v) is 13.7. The molecule has 1 rings (SSSR count). The van der Waals surface area contributed by atoms with Crippen molar-refractivity contribution in [3.05, 3.63) is 35.9 Å². The molecule has 0 aliphatic carbocycles. The molecule has 0 spiro atoms. The molecule has 1 unspecified atom stereocenters. The molecule has 0 heterocycles. The second kappa shape index (κ2) is 8.64. The fourth-order valence-electron chi connectivity index (χ4n) is 1.63. The third-order valence-electron chi connectivity index (χ3n) is 2.64. The summed E-state index contributed by atoms with van der Waals surface area (Å²) in [7, 11) is -1.39. The number of hydrogen-bond donors (Lipinski definition) is 1. The van der Waals surface area contributed by atoms with E-state index in [1.54, 1.807) is 0 Å². The summed E-state index contributed by atoms with van der Waals surface area (Å²) in [5, 5.41) is 9.69. The van der Waals surface area contributed by atoms with E-state index in [0.717, 1.165) is 19.3 Å². The van der Waals surface area contributed by atoms with Crippen LogP contribution < -0.4 is 0 Å². The Balaban J connectivity index is 2.21. The number of rotatable bonds is 4. The largest absolute Gasteiger partial charge is 0.379 e. The topological polar surface area (TPSA) is 20.2 Å². The van der Waals surface area contributed by atoms with Crippen LogP contribution in [0.4, 0.5) is 0 Å². The Kier molecular flexibility index (Phi) is 7.16. The molecular weight excluding hydrogens is 260 g/mol. The minimum Gasteiger partial charge on any atom is -0.379 e. The van der Waals surface area contributed by atoms with Gasteiger partial charge in [-0.2, -0.15) is 0 Å². The maximum atomic E-state index is 9.69. The van der Waals surface area contributed by atoms with Crippen LogP contribution >= 0.6 is 0 Å². The van der Waals surface area contributed by atoms with E-state index >= 15 is 0 Å². The normalized spacial score (nSPS) is 11.8. The molecule has 1 nitrogen and oxygen atoms in total. The molecule has 0 aliphatic rings. The van der Waals surface area contributed by atoms with Crippen LogP contribution in [0.25, 0.3) is 0 Å². The summed E-state index contributed by atoms with van der Waals surface area (Å²) < 4.78 is 0. The molecule has 1 aromatic carbocycles. The summed E-state index contributed by atoms with van der Waals surface area (Å²) in [4.78, 5) is 0. The maximum Gasteiger partial charge on any atom is 0.129 e. The summed E-state index contributed by atoms with van der Waals surface area (Å²) in [6.45, 7) is 6.51. The van der Waals surface area contributed by atoms with Crippen LogP contribution in [0.5, 0.6) is 0 Å². The molecule has 0 bridgehead atoms. The molecule has 0 amide bonds. The summed E-state index contributed by atoms with van der Waals surface area (Å²) in [6.07, 6.45) is 2.87. The number of aliphatic hydroxyl groups is 1. The van der Waals surface area contributed by atoms with Gasteiger partial charge in [-0.3, -0.25) is 0 Å². The fourth-order valence-corrected chi connectivity index (χ4v) is 2.23.